The van der Waals surface area contributed by atoms with Crippen molar-refractivity contribution in [2.75, 3.05) is 81.0 Å². The second-order valence-electron chi connectivity index (χ2n) is 18.9. The summed E-state index contributed by atoms with van der Waals surface area (Å²) in [6.45, 7) is 6.45. The molecule has 0 saturated heterocycles. The number of thioether (sulfide) groups is 3. The number of aromatic amines is 3. The highest BCUT2D eigenvalue weighted by Gasteiger charge is 2.35. The Morgan fingerprint density at radius 1 is 0.550 bits per heavy atom. The number of nitrogens with one attached hydrogen (secondary N) is 3. The van der Waals surface area contributed by atoms with E-state index in [9.17, 15) is 14.7 Å². The predicted octanol–water partition coefficient (Wildman–Crippen LogP) is 8.84. The number of hydrogen-bond donors (Lipinski definition) is 4. The molecular formula is C55H61N15O7S3. The Morgan fingerprint density at radius 3 is 1.35 bits per heavy atom. The second kappa shape index (κ2) is 25.0. The van der Waals surface area contributed by atoms with Gasteiger partial charge in [0, 0.05) is 45.0 Å². The zero-order valence-corrected chi connectivity index (χ0v) is 47.8. The fourth-order valence-corrected chi connectivity index (χ4v) is 11.1. The van der Waals surface area contributed by atoms with Crippen molar-refractivity contribution in [3.05, 3.63) is 107 Å². The third kappa shape index (κ3) is 11.8. The number of aromatic nitrogens is 12. The normalized spacial score (nSPS) is 15.5. The molecular weight excluding hydrogens is 1080 g/mol. The lowest BCUT2D eigenvalue weighted by Gasteiger charge is -2.23. The van der Waals surface area contributed by atoms with Crippen molar-refractivity contribution in [1.82, 2.24) is 60.5 Å². The van der Waals surface area contributed by atoms with Gasteiger partial charge in [-0.2, -0.15) is 15.3 Å². The number of carboxylic acid groups (broad SMARTS) is 1. The largest absolute Gasteiger partial charge is 0.497 e. The highest BCUT2D eigenvalue weighted by Crippen LogP contribution is 2.40. The Bertz CT molecular complexity index is 3620. The molecule has 0 amide bonds. The minimum absolute atomic E-state index is 0.246. The zero-order valence-electron chi connectivity index (χ0n) is 45.3. The van der Waals surface area contributed by atoms with Crippen molar-refractivity contribution in [1.29, 1.82) is 0 Å². The first-order valence-electron chi connectivity index (χ1n) is 25.9. The summed E-state index contributed by atoms with van der Waals surface area (Å²) in [6, 6.07) is 24.0. The van der Waals surface area contributed by atoms with Crippen molar-refractivity contribution in [2.24, 2.45) is 0 Å². The molecule has 0 saturated carbocycles. The van der Waals surface area contributed by atoms with Crippen LogP contribution in [0.1, 0.15) is 71.8 Å². The van der Waals surface area contributed by atoms with Crippen LogP contribution in [0, 0.1) is 0 Å². The number of methoxy groups -OCH3 is 3. The molecule has 6 aromatic heterocycles. The average Bonchev–Trinajstić information content (AvgIpc) is 4.30. The molecule has 0 radical (unpaired) electrons. The van der Waals surface area contributed by atoms with Gasteiger partial charge >= 0.3 is 11.9 Å². The summed E-state index contributed by atoms with van der Waals surface area (Å²) in [7, 11) is 4.98. The first kappa shape index (κ1) is 55.4. The monoisotopic (exact) mass is 1140 g/mol. The topological polar surface area (TPSA) is 264 Å². The fraction of sp³-hybridized carbons (Fsp3) is 0.364. The van der Waals surface area contributed by atoms with Crippen LogP contribution >= 0.6 is 35.3 Å². The SMILES string of the molecule is CCOC(=O)C1CCN(Cc2ccc(OC)cc2)c2nc(SC)nc3n[nH]c1c23.COc1ccc(CN2CCC(C(=O)O)c3[nH]nc4nc(SC)nc2c34)cc1.COc1ccc(CN2CCCc3[nH]nc4nc(SC)nc2c34)cc1. The maximum absolute atomic E-state index is 12.6. The molecule has 4 N–H and O–H groups in total. The number of aryl methyl sites for hydroxylation is 1. The molecule has 22 nitrogen and oxygen atoms in total. The molecule has 9 aromatic rings. The lowest BCUT2D eigenvalue weighted by atomic mass is 10.0. The molecule has 2 atom stereocenters. The van der Waals surface area contributed by atoms with Gasteiger partial charge in [0.15, 0.2) is 32.4 Å². The van der Waals surface area contributed by atoms with Crippen LogP contribution in [0.3, 0.4) is 0 Å². The number of esters is 1. The van der Waals surface area contributed by atoms with Crippen LogP contribution in [-0.4, -0.2) is 144 Å². The number of carbonyl (C=O) groups excluding carboxylic acids is 1. The molecule has 3 aliphatic heterocycles. The molecule has 3 aromatic carbocycles. The molecule has 25 heteroatoms. The van der Waals surface area contributed by atoms with Crippen LogP contribution in [0.2, 0.25) is 0 Å². The van der Waals surface area contributed by atoms with Crippen LogP contribution in [0.25, 0.3) is 33.1 Å². The summed E-state index contributed by atoms with van der Waals surface area (Å²) < 4.78 is 21.0. The minimum Gasteiger partial charge on any atom is -0.497 e. The van der Waals surface area contributed by atoms with E-state index >= 15 is 0 Å². The van der Waals surface area contributed by atoms with Crippen LogP contribution in [0.5, 0.6) is 17.2 Å². The number of nitrogens with zero attached hydrogens (tertiary/aromatic N) is 12. The van der Waals surface area contributed by atoms with Gasteiger partial charge < -0.3 is 38.8 Å². The second-order valence-corrected chi connectivity index (χ2v) is 21.2. The van der Waals surface area contributed by atoms with Gasteiger partial charge in [0.1, 0.15) is 46.5 Å². The molecule has 3 aliphatic rings. The Hall–Kier alpha value is -7.90. The standard InChI is InChI=1S/C20H23N5O3S.C18H19N5O3S.C17H19N5OS/c1-4-28-19(26)14-9-10-25(11-12-5-7-13(27-2)8-6-12)18-15-16(14)23-24-17(15)21-20(22-18)29-3;1-26-11-5-3-10(4-6-11)9-23-8-7-12(17(24)25)14-13-15(22-21-14)19-18(27-2)20-16(13)23;1-23-12-7-5-11(6-8-12)10-22-9-3-4-13-14-15(21-20-13)18-17(24-2)19-16(14)22/h5-8,14H,4,9-11H2,1-3H3,(H,21,22,23,24);3-6,12H,7-9H2,1-2H3,(H,24,25)(H,19,20,21,22);5-8H,3-4,9-10H2,1-2H3,(H,18,19,20,21). The third-order valence-corrected chi connectivity index (χ3v) is 15.7. The van der Waals surface area contributed by atoms with Crippen molar-refractivity contribution < 1.29 is 33.6 Å². The summed E-state index contributed by atoms with van der Waals surface area (Å²) in [5, 5.41) is 36.3. The summed E-state index contributed by atoms with van der Waals surface area (Å²) in [5.41, 5.74) is 7.76. The molecule has 0 aliphatic carbocycles. The van der Waals surface area contributed by atoms with Gasteiger partial charge in [0.05, 0.1) is 55.5 Å². The van der Waals surface area contributed by atoms with Crippen molar-refractivity contribution in [2.45, 2.75) is 79.5 Å². The number of hydrogen-bond acceptors (Lipinski definition) is 21. The highest BCUT2D eigenvalue weighted by atomic mass is 32.2. The molecule has 2 unspecified atom stereocenters. The fourth-order valence-electron chi connectivity index (χ4n) is 10.1. The first-order chi connectivity index (χ1) is 39.0. The van der Waals surface area contributed by atoms with E-state index in [2.05, 4.69) is 77.4 Å². The number of rotatable bonds is 15. The number of anilines is 3. The Morgan fingerprint density at radius 2 is 0.938 bits per heavy atom. The van der Waals surface area contributed by atoms with Crippen molar-refractivity contribution in [3.63, 3.8) is 0 Å². The quantitative estimate of drug-likeness (QED) is 0.0424. The molecule has 0 fully saturated rings. The zero-order chi connectivity index (χ0) is 55.9. The van der Waals surface area contributed by atoms with Crippen LogP contribution < -0.4 is 28.9 Å². The van der Waals surface area contributed by atoms with E-state index in [-0.39, 0.29) is 5.97 Å². The third-order valence-electron chi connectivity index (χ3n) is 14.1. The number of carbonyl (C=O) groups is 2. The summed E-state index contributed by atoms with van der Waals surface area (Å²) in [6.07, 6.45) is 8.96. The maximum Gasteiger partial charge on any atom is 0.315 e. The molecule has 0 bridgehead atoms. The number of H-pyrrole nitrogens is 3. The Kier molecular flexibility index (Phi) is 17.4. The maximum atomic E-state index is 12.6. The number of carboxylic acids is 1. The lowest BCUT2D eigenvalue weighted by molar-refractivity contribution is -0.145. The number of benzene rings is 3. The number of aliphatic carboxylic acids is 1. The predicted molar refractivity (Wildman–Crippen MR) is 310 cm³/mol. The Balaban J connectivity index is 0.000000136. The van der Waals surface area contributed by atoms with Crippen molar-refractivity contribution in [3.8, 4) is 17.2 Å². The Labute approximate surface area is 474 Å². The molecule has 12 rings (SSSR count). The van der Waals surface area contributed by atoms with E-state index in [1.54, 1.807) is 33.1 Å². The highest BCUT2D eigenvalue weighted by molar-refractivity contribution is 7.98. The number of ether oxygens (including phenoxy) is 4. The van der Waals surface area contributed by atoms with E-state index in [0.29, 0.717) is 78.3 Å². The van der Waals surface area contributed by atoms with Gasteiger partial charge in [-0.1, -0.05) is 71.7 Å². The van der Waals surface area contributed by atoms with Crippen LogP contribution in [0.4, 0.5) is 17.5 Å². The van der Waals surface area contributed by atoms with Gasteiger partial charge in [-0.15, -0.1) is 0 Å². The van der Waals surface area contributed by atoms with Gasteiger partial charge in [-0.3, -0.25) is 24.9 Å². The summed E-state index contributed by atoms with van der Waals surface area (Å²) in [5.74, 6) is 2.82. The summed E-state index contributed by atoms with van der Waals surface area (Å²) >= 11 is 4.46. The average molecular weight is 1140 g/mol. The summed E-state index contributed by atoms with van der Waals surface area (Å²) in [4.78, 5) is 58.7. The van der Waals surface area contributed by atoms with Crippen molar-refractivity contribution >= 4 is 97.8 Å². The molecule has 0 spiro atoms. The van der Waals surface area contributed by atoms with E-state index in [1.807, 2.05) is 86.4 Å². The van der Waals surface area contributed by atoms with E-state index < -0.39 is 17.8 Å². The molecule has 416 valence electrons. The smallest absolute Gasteiger partial charge is 0.315 e. The van der Waals surface area contributed by atoms with E-state index in [4.69, 9.17) is 28.9 Å². The lowest BCUT2D eigenvalue weighted by Crippen LogP contribution is -2.26. The minimum atomic E-state index is -0.869. The molecule has 80 heavy (non-hydrogen) atoms. The van der Waals surface area contributed by atoms with Crippen LogP contribution in [0.15, 0.2) is 88.3 Å². The van der Waals surface area contributed by atoms with Gasteiger partial charge in [-0.25, -0.2) is 29.9 Å². The van der Waals surface area contributed by atoms with E-state index in [0.717, 1.165) is 105 Å². The van der Waals surface area contributed by atoms with E-state index in [1.165, 1.54) is 29.1 Å². The van der Waals surface area contributed by atoms with Gasteiger partial charge in [0.25, 0.3) is 0 Å². The molecule has 9 heterocycles. The van der Waals surface area contributed by atoms with Gasteiger partial charge in [0.2, 0.25) is 0 Å². The first-order valence-corrected chi connectivity index (χ1v) is 29.6. The van der Waals surface area contributed by atoms with Crippen LogP contribution in [-0.2, 0) is 40.4 Å². The van der Waals surface area contributed by atoms with Gasteiger partial charge in [-0.05, 0) is 104 Å².